The Morgan fingerprint density at radius 2 is 1.75 bits per heavy atom. The first-order valence-corrected chi connectivity index (χ1v) is 8.96. The molecule has 1 atom stereocenters. The summed E-state index contributed by atoms with van der Waals surface area (Å²) in [6.07, 6.45) is 8.59. The van der Waals surface area contributed by atoms with Crippen LogP contribution in [0, 0.1) is 0 Å². The van der Waals surface area contributed by atoms with Gasteiger partial charge in [-0.2, -0.15) is 0 Å². The number of ether oxygens (including phenoxy) is 1. The van der Waals surface area contributed by atoms with Crippen molar-refractivity contribution in [3.05, 3.63) is 73.6 Å². The van der Waals surface area contributed by atoms with E-state index in [1.54, 1.807) is 24.8 Å². The van der Waals surface area contributed by atoms with Crippen LogP contribution in [0.3, 0.4) is 0 Å². The topological polar surface area (TPSA) is 91.7 Å². The number of rotatable bonds is 6. The molecule has 0 aliphatic carbocycles. The summed E-state index contributed by atoms with van der Waals surface area (Å²) in [7, 11) is 0. The van der Waals surface area contributed by atoms with Crippen molar-refractivity contribution in [2.24, 2.45) is 0 Å². The van der Waals surface area contributed by atoms with E-state index in [2.05, 4.69) is 24.5 Å². The van der Waals surface area contributed by atoms with Gasteiger partial charge >= 0.3 is 0 Å². The molecular formula is C21H20N6O. The highest BCUT2D eigenvalue weighted by Gasteiger charge is 2.18. The minimum atomic E-state index is -0.0875. The van der Waals surface area contributed by atoms with Gasteiger partial charge in [-0.25, -0.2) is 15.0 Å². The third kappa shape index (κ3) is 3.83. The van der Waals surface area contributed by atoms with Gasteiger partial charge in [0.05, 0.1) is 30.5 Å². The summed E-state index contributed by atoms with van der Waals surface area (Å²) in [5.74, 6) is 0.972. The van der Waals surface area contributed by atoms with Gasteiger partial charge in [0, 0.05) is 29.7 Å². The van der Waals surface area contributed by atoms with Crippen LogP contribution >= 0.6 is 0 Å². The van der Waals surface area contributed by atoms with Gasteiger partial charge < -0.3 is 15.0 Å². The number of hydrogen-bond acceptors (Lipinski definition) is 6. The maximum Gasteiger partial charge on any atom is 0.219 e. The molecule has 0 amide bonds. The fourth-order valence-corrected chi connectivity index (χ4v) is 3.05. The van der Waals surface area contributed by atoms with Crippen LogP contribution in [0.25, 0.3) is 22.5 Å². The maximum atomic E-state index is 5.98. The van der Waals surface area contributed by atoms with Crippen LogP contribution in [0.5, 0.6) is 5.75 Å². The predicted molar refractivity (Wildman–Crippen MR) is 107 cm³/mol. The average Bonchev–Trinajstić information content (AvgIpc) is 3.13. The summed E-state index contributed by atoms with van der Waals surface area (Å²) in [6, 6.07) is 13.8. The Bertz CT molecular complexity index is 1030. The van der Waals surface area contributed by atoms with Gasteiger partial charge in [0.1, 0.15) is 11.9 Å². The smallest absolute Gasteiger partial charge is 0.219 e. The Morgan fingerprint density at radius 1 is 0.964 bits per heavy atom. The molecule has 0 aliphatic rings. The summed E-state index contributed by atoms with van der Waals surface area (Å²) in [4.78, 5) is 17.0. The van der Waals surface area contributed by atoms with Crippen LogP contribution in [-0.4, -0.2) is 30.6 Å². The predicted octanol–water partition coefficient (Wildman–Crippen LogP) is 3.45. The van der Waals surface area contributed by atoms with Gasteiger partial charge in [0.2, 0.25) is 5.95 Å². The molecule has 3 heterocycles. The van der Waals surface area contributed by atoms with Gasteiger partial charge in [-0.15, -0.1) is 0 Å². The highest BCUT2D eigenvalue weighted by Crippen LogP contribution is 2.31. The number of nitrogens with zero attached hydrogens (tertiary/aromatic N) is 5. The highest BCUT2D eigenvalue weighted by molar-refractivity contribution is 5.78. The molecule has 4 aromatic rings. The minimum absolute atomic E-state index is 0.0875. The molecule has 7 heteroatoms. The molecule has 0 fully saturated rings. The van der Waals surface area contributed by atoms with Crippen molar-refractivity contribution >= 4 is 5.95 Å². The fraction of sp³-hybridized carbons (Fsp3) is 0.143. The molecule has 0 radical (unpaired) electrons. The third-order valence-corrected chi connectivity index (χ3v) is 4.26. The Kier molecular flexibility index (Phi) is 4.97. The Labute approximate surface area is 162 Å². The van der Waals surface area contributed by atoms with Gasteiger partial charge in [0.25, 0.3) is 0 Å². The van der Waals surface area contributed by atoms with E-state index in [1.165, 1.54) is 0 Å². The molecule has 0 bridgehead atoms. The van der Waals surface area contributed by atoms with Crippen LogP contribution in [0.4, 0.5) is 5.95 Å². The molecule has 0 aliphatic heterocycles. The van der Waals surface area contributed by atoms with Crippen molar-refractivity contribution in [1.29, 1.82) is 0 Å². The molecule has 2 N–H and O–H groups in total. The van der Waals surface area contributed by atoms with Crippen molar-refractivity contribution < 1.29 is 4.74 Å². The summed E-state index contributed by atoms with van der Waals surface area (Å²) in [6.45, 7) is 2.62. The second-order valence-corrected chi connectivity index (χ2v) is 6.41. The largest absolute Gasteiger partial charge is 0.487 e. The summed E-state index contributed by atoms with van der Waals surface area (Å²) in [5.41, 5.74) is 9.32. The van der Waals surface area contributed by atoms with E-state index < -0.39 is 0 Å². The van der Waals surface area contributed by atoms with Crippen molar-refractivity contribution in [1.82, 2.24) is 24.5 Å². The van der Waals surface area contributed by atoms with Crippen molar-refractivity contribution in [2.75, 3.05) is 5.73 Å². The minimum Gasteiger partial charge on any atom is -0.487 e. The molecule has 0 saturated carbocycles. The Balaban J connectivity index is 1.69. The number of anilines is 1. The molecule has 0 spiro atoms. The standard InChI is InChI=1S/C21H20N6O/c1-15(28-18-8-5-9-23-12-18)13-27-14-26-19(16-6-3-2-4-7-16)20(27)17-10-24-21(22)25-11-17/h2-12,14-15H,13H2,1H3,(H2,22,24,25)/t15-/m1/s1. The van der Waals surface area contributed by atoms with Crippen molar-refractivity contribution in [2.45, 2.75) is 19.6 Å². The maximum absolute atomic E-state index is 5.98. The molecule has 0 saturated heterocycles. The first-order chi connectivity index (χ1) is 13.7. The highest BCUT2D eigenvalue weighted by atomic mass is 16.5. The van der Waals surface area contributed by atoms with Crippen LogP contribution in [0.1, 0.15) is 6.92 Å². The third-order valence-electron chi connectivity index (χ3n) is 4.26. The lowest BCUT2D eigenvalue weighted by Crippen LogP contribution is -2.19. The number of hydrogen-bond donors (Lipinski definition) is 1. The van der Waals surface area contributed by atoms with Gasteiger partial charge in [0.15, 0.2) is 0 Å². The van der Waals surface area contributed by atoms with Gasteiger partial charge in [-0.3, -0.25) is 4.98 Å². The number of pyridine rings is 1. The van der Waals surface area contributed by atoms with Crippen molar-refractivity contribution in [3.8, 4) is 28.3 Å². The van der Waals surface area contributed by atoms with Crippen LogP contribution in [-0.2, 0) is 6.54 Å². The molecule has 1 aromatic carbocycles. The average molecular weight is 372 g/mol. The SMILES string of the molecule is C[C@H](Cn1cnc(-c2ccccc2)c1-c1cnc(N)nc1)Oc1cccnc1. The van der Waals surface area contributed by atoms with Crippen LogP contribution in [0.2, 0.25) is 0 Å². The number of nitrogen functional groups attached to an aromatic ring is 1. The zero-order valence-electron chi connectivity index (χ0n) is 15.4. The molecule has 140 valence electrons. The van der Waals surface area contributed by atoms with Crippen LogP contribution < -0.4 is 10.5 Å². The Hall–Kier alpha value is -3.74. The zero-order chi connectivity index (χ0) is 19.3. The summed E-state index contributed by atoms with van der Waals surface area (Å²) >= 11 is 0. The number of aromatic nitrogens is 5. The van der Waals surface area contributed by atoms with E-state index in [1.807, 2.05) is 55.7 Å². The zero-order valence-corrected chi connectivity index (χ0v) is 15.4. The van der Waals surface area contributed by atoms with E-state index in [0.717, 1.165) is 28.3 Å². The molecule has 28 heavy (non-hydrogen) atoms. The Morgan fingerprint density at radius 3 is 2.46 bits per heavy atom. The number of imidazole rings is 1. The number of nitrogens with two attached hydrogens (primary N) is 1. The normalized spacial score (nSPS) is 11.9. The molecule has 7 nitrogen and oxygen atoms in total. The first kappa shape index (κ1) is 17.7. The molecular weight excluding hydrogens is 352 g/mol. The van der Waals surface area contributed by atoms with E-state index >= 15 is 0 Å². The molecule has 0 unspecified atom stereocenters. The summed E-state index contributed by atoms with van der Waals surface area (Å²) < 4.78 is 8.03. The van der Waals surface area contributed by atoms with E-state index in [9.17, 15) is 0 Å². The quantitative estimate of drug-likeness (QED) is 0.557. The number of benzene rings is 1. The molecule has 3 aromatic heterocycles. The first-order valence-electron chi connectivity index (χ1n) is 8.96. The van der Waals surface area contributed by atoms with Gasteiger partial charge in [-0.05, 0) is 19.1 Å². The lowest BCUT2D eigenvalue weighted by molar-refractivity contribution is 0.199. The molecule has 4 rings (SSSR count). The van der Waals surface area contributed by atoms with E-state index in [-0.39, 0.29) is 12.1 Å². The van der Waals surface area contributed by atoms with Crippen molar-refractivity contribution in [3.63, 3.8) is 0 Å². The monoisotopic (exact) mass is 372 g/mol. The summed E-state index contributed by atoms with van der Waals surface area (Å²) in [5, 5.41) is 0. The van der Waals surface area contributed by atoms with Gasteiger partial charge in [-0.1, -0.05) is 30.3 Å². The van der Waals surface area contributed by atoms with Crippen LogP contribution in [0.15, 0.2) is 73.6 Å². The second kappa shape index (κ2) is 7.87. The van der Waals surface area contributed by atoms with E-state index in [0.29, 0.717) is 6.54 Å². The van der Waals surface area contributed by atoms with E-state index in [4.69, 9.17) is 10.5 Å². The fourth-order valence-electron chi connectivity index (χ4n) is 3.05. The lowest BCUT2D eigenvalue weighted by Gasteiger charge is -2.17. The second-order valence-electron chi connectivity index (χ2n) is 6.41. The lowest BCUT2D eigenvalue weighted by atomic mass is 10.1.